The van der Waals surface area contributed by atoms with E-state index >= 15 is 0 Å². The van der Waals surface area contributed by atoms with Crippen molar-refractivity contribution in [2.45, 2.75) is 39.4 Å². The van der Waals surface area contributed by atoms with Gasteiger partial charge in [-0.05, 0) is 41.5 Å². The maximum atomic E-state index is 13.8. The van der Waals surface area contributed by atoms with Crippen LogP contribution in [-0.2, 0) is 23.9 Å². The van der Waals surface area contributed by atoms with E-state index in [2.05, 4.69) is 0 Å². The molecule has 0 aliphatic carbocycles. The first-order valence-electron chi connectivity index (χ1n) is 11.6. The van der Waals surface area contributed by atoms with Crippen molar-refractivity contribution >= 4 is 46.2 Å². The first-order chi connectivity index (χ1) is 16.7. The Morgan fingerprint density at radius 3 is 2.60 bits per heavy atom. The molecule has 35 heavy (non-hydrogen) atoms. The van der Waals surface area contributed by atoms with E-state index in [1.165, 1.54) is 4.90 Å². The summed E-state index contributed by atoms with van der Waals surface area (Å²) in [4.78, 5) is 39.6. The van der Waals surface area contributed by atoms with Gasteiger partial charge in [-0.3, -0.25) is 9.59 Å². The van der Waals surface area contributed by atoms with Crippen LogP contribution in [0.2, 0.25) is 5.02 Å². The molecule has 6 nitrogen and oxygen atoms in total. The van der Waals surface area contributed by atoms with Gasteiger partial charge in [0, 0.05) is 28.2 Å². The lowest BCUT2D eigenvalue weighted by molar-refractivity contribution is -0.151. The quantitative estimate of drug-likeness (QED) is 0.321. The summed E-state index contributed by atoms with van der Waals surface area (Å²) in [6, 6.07) is 19.1. The Labute approximate surface area is 209 Å². The number of halogens is 1. The number of benzene rings is 3. The van der Waals surface area contributed by atoms with E-state index in [0.717, 1.165) is 22.6 Å². The maximum Gasteiger partial charge on any atom is 0.308 e. The highest BCUT2D eigenvalue weighted by molar-refractivity contribution is 6.30. The maximum absolute atomic E-state index is 13.8. The number of carbonyl (C=O) groups excluding carboxylic acids is 3. The number of anilines is 1. The number of ether oxygens (including phenoxy) is 2. The van der Waals surface area contributed by atoms with Gasteiger partial charge in [-0.2, -0.15) is 0 Å². The second-order valence-corrected chi connectivity index (χ2v) is 9.75. The topological polar surface area (TPSA) is 72.9 Å². The Hall–Kier alpha value is -3.22. The average molecular weight is 494 g/mol. The highest BCUT2D eigenvalue weighted by atomic mass is 35.5. The second-order valence-electron chi connectivity index (χ2n) is 9.32. The van der Waals surface area contributed by atoms with Gasteiger partial charge in [0.2, 0.25) is 0 Å². The minimum Gasteiger partial charge on any atom is -0.466 e. The summed E-state index contributed by atoms with van der Waals surface area (Å²) in [5.41, 5.74) is 1.32. The smallest absolute Gasteiger partial charge is 0.308 e. The summed E-state index contributed by atoms with van der Waals surface area (Å²) in [7, 11) is 0. The van der Waals surface area contributed by atoms with Crippen molar-refractivity contribution in [3.05, 3.63) is 76.8 Å². The van der Waals surface area contributed by atoms with Gasteiger partial charge in [-0.1, -0.05) is 67.9 Å². The predicted octanol–water partition coefficient (Wildman–Crippen LogP) is 5.49. The number of aldehydes is 1. The number of hydrogen-bond donors (Lipinski definition) is 0. The third-order valence-corrected chi connectivity index (χ3v) is 6.29. The van der Waals surface area contributed by atoms with Crippen molar-refractivity contribution in [2.24, 2.45) is 5.41 Å². The van der Waals surface area contributed by atoms with Gasteiger partial charge >= 0.3 is 5.97 Å². The van der Waals surface area contributed by atoms with Crippen LogP contribution in [0.3, 0.4) is 0 Å². The zero-order chi connectivity index (χ0) is 25.2. The summed E-state index contributed by atoms with van der Waals surface area (Å²) in [5, 5.41) is 2.48. The van der Waals surface area contributed by atoms with Crippen LogP contribution in [-0.4, -0.2) is 37.4 Å². The zero-order valence-corrected chi connectivity index (χ0v) is 20.7. The molecule has 3 aromatic rings. The SMILES string of the molecule is CCOC(=O)C[C@H]1O[C@H](c2cccc3ccccc23)c2cc(Cl)ccc2N(CC(C)(C)C=O)C1=O. The predicted molar refractivity (Wildman–Crippen MR) is 136 cm³/mol. The van der Waals surface area contributed by atoms with E-state index < -0.39 is 29.5 Å². The standard InChI is InChI=1S/C28H28ClNO5/c1-4-34-25(32)15-24-27(33)30(16-28(2,3)17-31)23-13-12-19(29)14-22(23)26(35-24)21-11-7-9-18-8-5-6-10-20(18)21/h5-14,17,24,26H,4,15-16H2,1-3H3/t24-,26-/m1/s1. The molecule has 0 spiro atoms. The van der Waals surface area contributed by atoms with Crippen LogP contribution in [0.25, 0.3) is 10.8 Å². The molecule has 1 aliphatic heterocycles. The van der Waals surface area contributed by atoms with Crippen molar-refractivity contribution in [3.63, 3.8) is 0 Å². The van der Waals surface area contributed by atoms with Gasteiger partial charge in [0.25, 0.3) is 5.91 Å². The molecule has 7 heteroatoms. The molecule has 0 bridgehead atoms. The van der Waals surface area contributed by atoms with E-state index in [1.54, 1.807) is 39.0 Å². The van der Waals surface area contributed by atoms with E-state index in [-0.39, 0.29) is 19.6 Å². The lowest BCUT2D eigenvalue weighted by Crippen LogP contribution is -2.45. The molecule has 0 saturated carbocycles. The molecule has 4 rings (SSSR count). The third kappa shape index (κ3) is 5.24. The van der Waals surface area contributed by atoms with Crippen molar-refractivity contribution < 1.29 is 23.9 Å². The van der Waals surface area contributed by atoms with Crippen molar-refractivity contribution in [3.8, 4) is 0 Å². The van der Waals surface area contributed by atoms with Crippen LogP contribution >= 0.6 is 11.6 Å². The summed E-state index contributed by atoms with van der Waals surface area (Å²) in [5.74, 6) is -0.930. The largest absolute Gasteiger partial charge is 0.466 e. The van der Waals surface area contributed by atoms with Crippen LogP contribution in [0.15, 0.2) is 60.7 Å². The molecule has 1 heterocycles. The van der Waals surface area contributed by atoms with E-state index in [9.17, 15) is 14.4 Å². The molecule has 0 radical (unpaired) electrons. The Morgan fingerprint density at radius 2 is 1.86 bits per heavy atom. The summed E-state index contributed by atoms with van der Waals surface area (Å²) in [6.45, 7) is 5.55. The highest BCUT2D eigenvalue weighted by Crippen LogP contribution is 2.42. The van der Waals surface area contributed by atoms with Gasteiger partial charge in [-0.15, -0.1) is 0 Å². The Kier molecular flexibility index (Phi) is 7.24. The number of amides is 1. The van der Waals surface area contributed by atoms with E-state index in [1.807, 2.05) is 42.5 Å². The number of rotatable bonds is 7. The fourth-order valence-corrected chi connectivity index (χ4v) is 4.58. The van der Waals surface area contributed by atoms with Gasteiger partial charge < -0.3 is 19.2 Å². The van der Waals surface area contributed by atoms with Gasteiger partial charge in [0.05, 0.1) is 13.0 Å². The molecule has 2 atom stereocenters. The number of fused-ring (bicyclic) bond motifs is 2. The molecule has 0 unspecified atom stereocenters. The Balaban J connectivity index is 1.92. The van der Waals surface area contributed by atoms with Crippen molar-refractivity contribution in [1.82, 2.24) is 0 Å². The minimum atomic E-state index is -1.10. The molecule has 0 aromatic heterocycles. The van der Waals surface area contributed by atoms with Crippen molar-refractivity contribution in [1.29, 1.82) is 0 Å². The van der Waals surface area contributed by atoms with Crippen LogP contribution in [0.4, 0.5) is 5.69 Å². The fraction of sp³-hybridized carbons (Fsp3) is 0.321. The molecular weight excluding hydrogens is 466 g/mol. The van der Waals surface area contributed by atoms with Gasteiger partial charge in [0.15, 0.2) is 0 Å². The van der Waals surface area contributed by atoms with E-state index in [0.29, 0.717) is 16.3 Å². The minimum absolute atomic E-state index is 0.120. The molecule has 1 aliphatic rings. The number of carbonyl (C=O) groups is 3. The third-order valence-electron chi connectivity index (χ3n) is 6.05. The fourth-order valence-electron chi connectivity index (χ4n) is 4.40. The van der Waals surface area contributed by atoms with E-state index in [4.69, 9.17) is 21.1 Å². The number of hydrogen-bond acceptors (Lipinski definition) is 5. The summed E-state index contributed by atoms with van der Waals surface area (Å²) < 4.78 is 11.6. The molecule has 182 valence electrons. The molecular formula is C28H28ClNO5. The Morgan fingerprint density at radius 1 is 1.11 bits per heavy atom. The lowest BCUT2D eigenvalue weighted by Gasteiger charge is -2.30. The lowest BCUT2D eigenvalue weighted by atomic mass is 9.92. The summed E-state index contributed by atoms with van der Waals surface area (Å²) in [6.07, 6.45) is -1.20. The first kappa shape index (κ1) is 24.9. The number of nitrogens with zero attached hydrogens (tertiary/aromatic N) is 1. The Bertz CT molecular complexity index is 1270. The van der Waals surface area contributed by atoms with Crippen LogP contribution < -0.4 is 4.90 Å². The van der Waals surface area contributed by atoms with Crippen molar-refractivity contribution in [2.75, 3.05) is 18.1 Å². The molecule has 0 saturated heterocycles. The normalized spacial score (nSPS) is 18.2. The molecule has 3 aromatic carbocycles. The first-order valence-corrected chi connectivity index (χ1v) is 12.0. The van der Waals surface area contributed by atoms with Crippen LogP contribution in [0.5, 0.6) is 0 Å². The second kappa shape index (κ2) is 10.2. The van der Waals surface area contributed by atoms with Gasteiger partial charge in [-0.25, -0.2) is 0 Å². The summed E-state index contributed by atoms with van der Waals surface area (Å²) >= 11 is 6.42. The van der Waals surface area contributed by atoms with Crippen LogP contribution in [0.1, 0.15) is 44.4 Å². The van der Waals surface area contributed by atoms with Crippen LogP contribution in [0, 0.1) is 5.41 Å². The monoisotopic (exact) mass is 493 g/mol. The molecule has 0 N–H and O–H groups in total. The average Bonchev–Trinajstić information content (AvgIpc) is 2.94. The number of esters is 1. The zero-order valence-electron chi connectivity index (χ0n) is 20.0. The molecule has 1 amide bonds. The highest BCUT2D eigenvalue weighted by Gasteiger charge is 2.40. The van der Waals surface area contributed by atoms with Gasteiger partial charge in [0.1, 0.15) is 18.5 Å². The molecule has 0 fully saturated rings.